The number of hydrogen-bond acceptors (Lipinski definition) is 3. The molecular formula is C10H19N3OS. The number of nitrogens with two attached hydrogens (primary N) is 2. The second-order valence-electron chi connectivity index (χ2n) is 4.23. The Morgan fingerprint density at radius 1 is 1.47 bits per heavy atom. The highest BCUT2D eigenvalue weighted by molar-refractivity contribution is 7.80. The Hall–Kier alpha value is -0.680. The Balaban J connectivity index is 2.36. The maximum absolute atomic E-state index is 11.0. The topological polar surface area (TPSA) is 72.3 Å². The van der Waals surface area contributed by atoms with Crippen molar-refractivity contribution < 1.29 is 4.79 Å². The van der Waals surface area contributed by atoms with Crippen LogP contribution in [0.5, 0.6) is 0 Å². The summed E-state index contributed by atoms with van der Waals surface area (Å²) in [7, 11) is 0. The first kappa shape index (κ1) is 12.4. The predicted octanol–water partition coefficient (Wildman–Crippen LogP) is 0.248. The maximum Gasteiger partial charge on any atom is 0.220 e. The van der Waals surface area contributed by atoms with E-state index < -0.39 is 0 Å². The number of rotatable bonds is 4. The third kappa shape index (κ3) is 3.76. The zero-order chi connectivity index (χ0) is 11.4. The van der Waals surface area contributed by atoms with Gasteiger partial charge in [0.2, 0.25) is 5.91 Å². The summed E-state index contributed by atoms with van der Waals surface area (Å²) in [5.74, 6) is -0.116. The van der Waals surface area contributed by atoms with Crippen LogP contribution in [0.15, 0.2) is 0 Å². The van der Waals surface area contributed by atoms with E-state index in [1.165, 1.54) is 0 Å². The van der Waals surface area contributed by atoms with E-state index in [9.17, 15) is 4.79 Å². The van der Waals surface area contributed by atoms with Crippen LogP contribution in [0.1, 0.15) is 26.2 Å². The number of nitrogens with zero attached hydrogens (tertiary/aromatic N) is 1. The molecule has 0 aliphatic carbocycles. The largest absolute Gasteiger partial charge is 0.393 e. The van der Waals surface area contributed by atoms with Gasteiger partial charge in [0, 0.05) is 18.4 Å². The number of piperidine rings is 1. The van der Waals surface area contributed by atoms with E-state index in [0.717, 1.165) is 32.4 Å². The molecule has 1 fully saturated rings. The quantitative estimate of drug-likeness (QED) is 0.678. The van der Waals surface area contributed by atoms with Crippen LogP contribution in [-0.4, -0.2) is 34.9 Å². The van der Waals surface area contributed by atoms with Gasteiger partial charge in [-0.2, -0.15) is 0 Å². The van der Waals surface area contributed by atoms with Crippen LogP contribution in [0.4, 0.5) is 0 Å². The Morgan fingerprint density at radius 2 is 2.00 bits per heavy atom. The van der Waals surface area contributed by atoms with Gasteiger partial charge in [0.05, 0.1) is 4.99 Å². The summed E-state index contributed by atoms with van der Waals surface area (Å²) < 4.78 is 0. The minimum atomic E-state index is -0.170. The second kappa shape index (κ2) is 5.42. The number of thiocarbonyl (C=S) groups is 1. The molecule has 4 nitrogen and oxygen atoms in total. The molecular weight excluding hydrogens is 210 g/mol. The van der Waals surface area contributed by atoms with Gasteiger partial charge in [-0.1, -0.05) is 12.2 Å². The summed E-state index contributed by atoms with van der Waals surface area (Å²) >= 11 is 4.88. The summed E-state index contributed by atoms with van der Waals surface area (Å²) in [6.07, 6.45) is 2.46. The molecule has 0 aromatic carbocycles. The van der Waals surface area contributed by atoms with Gasteiger partial charge in [0.25, 0.3) is 0 Å². The van der Waals surface area contributed by atoms with Crippen molar-refractivity contribution in [3.8, 4) is 0 Å². The minimum absolute atomic E-state index is 0.0540. The molecule has 0 aromatic heterocycles. The first-order valence-corrected chi connectivity index (χ1v) is 5.73. The van der Waals surface area contributed by atoms with Crippen LogP contribution in [0.3, 0.4) is 0 Å². The predicted molar refractivity (Wildman–Crippen MR) is 64.4 cm³/mol. The molecule has 0 bridgehead atoms. The zero-order valence-electron chi connectivity index (χ0n) is 9.11. The van der Waals surface area contributed by atoms with Gasteiger partial charge in [-0.25, -0.2) is 0 Å². The highest BCUT2D eigenvalue weighted by Gasteiger charge is 2.25. The van der Waals surface area contributed by atoms with Crippen molar-refractivity contribution in [2.24, 2.45) is 17.4 Å². The van der Waals surface area contributed by atoms with Gasteiger partial charge in [-0.3, -0.25) is 4.79 Å². The molecule has 1 unspecified atom stereocenters. The molecule has 1 heterocycles. The van der Waals surface area contributed by atoms with Crippen LogP contribution < -0.4 is 11.5 Å². The van der Waals surface area contributed by atoms with Crippen molar-refractivity contribution in [3.63, 3.8) is 0 Å². The molecule has 1 atom stereocenters. The lowest BCUT2D eigenvalue weighted by Crippen LogP contribution is -2.43. The van der Waals surface area contributed by atoms with Gasteiger partial charge in [-0.05, 0) is 32.9 Å². The molecule has 0 radical (unpaired) electrons. The van der Waals surface area contributed by atoms with Gasteiger partial charge in [0.1, 0.15) is 0 Å². The highest BCUT2D eigenvalue weighted by Crippen LogP contribution is 2.19. The standard InChI is InChI=1S/C10H19N3OS/c1-7(6-9(11)15)13-4-2-8(3-5-13)10(12)14/h7-8H,2-6H2,1H3,(H2,11,15)(H2,12,14). The lowest BCUT2D eigenvalue weighted by Gasteiger charge is -2.34. The van der Waals surface area contributed by atoms with Crippen LogP contribution in [0, 0.1) is 5.92 Å². The van der Waals surface area contributed by atoms with E-state index in [1.54, 1.807) is 0 Å². The summed E-state index contributed by atoms with van der Waals surface area (Å²) in [5.41, 5.74) is 10.8. The number of carbonyl (C=O) groups excluding carboxylic acids is 1. The average molecular weight is 229 g/mol. The third-order valence-electron chi connectivity index (χ3n) is 3.05. The normalized spacial score (nSPS) is 21.1. The fourth-order valence-corrected chi connectivity index (χ4v) is 2.29. The van der Waals surface area contributed by atoms with Crippen molar-refractivity contribution in [1.29, 1.82) is 0 Å². The average Bonchev–Trinajstić information content (AvgIpc) is 2.17. The van der Waals surface area contributed by atoms with Crippen LogP contribution in [0.25, 0.3) is 0 Å². The van der Waals surface area contributed by atoms with Gasteiger partial charge in [-0.15, -0.1) is 0 Å². The lowest BCUT2D eigenvalue weighted by molar-refractivity contribution is -0.123. The summed E-state index contributed by atoms with van der Waals surface area (Å²) in [5, 5.41) is 0. The molecule has 1 rings (SSSR count). The molecule has 0 aromatic rings. The summed E-state index contributed by atoms with van der Waals surface area (Å²) in [6, 6.07) is 0.372. The molecule has 4 N–H and O–H groups in total. The Labute approximate surface area is 96.0 Å². The van der Waals surface area contributed by atoms with E-state index in [0.29, 0.717) is 11.0 Å². The Morgan fingerprint density at radius 3 is 2.40 bits per heavy atom. The van der Waals surface area contributed by atoms with Crippen LogP contribution in [-0.2, 0) is 4.79 Å². The van der Waals surface area contributed by atoms with Gasteiger partial charge >= 0.3 is 0 Å². The molecule has 1 aliphatic heterocycles. The second-order valence-corrected chi connectivity index (χ2v) is 4.76. The maximum atomic E-state index is 11.0. The number of amides is 1. The first-order chi connectivity index (χ1) is 7.00. The summed E-state index contributed by atoms with van der Waals surface area (Å²) in [6.45, 7) is 3.94. The van der Waals surface area contributed by atoms with Gasteiger partial charge < -0.3 is 16.4 Å². The fraction of sp³-hybridized carbons (Fsp3) is 0.800. The Bertz CT molecular complexity index is 249. The van der Waals surface area contributed by atoms with E-state index in [4.69, 9.17) is 23.7 Å². The van der Waals surface area contributed by atoms with E-state index in [1.807, 2.05) is 0 Å². The monoisotopic (exact) mass is 229 g/mol. The van der Waals surface area contributed by atoms with E-state index >= 15 is 0 Å². The van der Waals surface area contributed by atoms with E-state index in [-0.39, 0.29) is 11.8 Å². The van der Waals surface area contributed by atoms with E-state index in [2.05, 4.69) is 11.8 Å². The molecule has 86 valence electrons. The zero-order valence-corrected chi connectivity index (χ0v) is 9.93. The number of carbonyl (C=O) groups is 1. The molecule has 0 spiro atoms. The summed E-state index contributed by atoms with van der Waals surface area (Å²) in [4.78, 5) is 13.8. The number of primary amides is 1. The molecule has 15 heavy (non-hydrogen) atoms. The third-order valence-corrected chi connectivity index (χ3v) is 3.22. The lowest BCUT2D eigenvalue weighted by atomic mass is 9.95. The molecule has 1 amide bonds. The molecule has 0 saturated carbocycles. The minimum Gasteiger partial charge on any atom is -0.393 e. The molecule has 1 saturated heterocycles. The molecule has 5 heteroatoms. The SMILES string of the molecule is CC(CC(N)=S)N1CCC(C(N)=O)CC1. The van der Waals surface area contributed by atoms with Crippen molar-refractivity contribution in [2.45, 2.75) is 32.2 Å². The Kier molecular flexibility index (Phi) is 4.47. The number of likely N-dealkylation sites (tertiary alicyclic amines) is 1. The first-order valence-electron chi connectivity index (χ1n) is 5.32. The smallest absolute Gasteiger partial charge is 0.220 e. The van der Waals surface area contributed by atoms with Crippen molar-refractivity contribution in [2.75, 3.05) is 13.1 Å². The molecule has 1 aliphatic rings. The number of hydrogen-bond donors (Lipinski definition) is 2. The van der Waals surface area contributed by atoms with Gasteiger partial charge in [0.15, 0.2) is 0 Å². The highest BCUT2D eigenvalue weighted by atomic mass is 32.1. The van der Waals surface area contributed by atoms with Crippen LogP contribution >= 0.6 is 12.2 Å². The van der Waals surface area contributed by atoms with Crippen molar-refractivity contribution >= 4 is 23.1 Å². The van der Waals surface area contributed by atoms with Crippen molar-refractivity contribution in [1.82, 2.24) is 4.90 Å². The van der Waals surface area contributed by atoms with Crippen molar-refractivity contribution in [3.05, 3.63) is 0 Å². The fourth-order valence-electron chi connectivity index (χ4n) is 2.05. The van der Waals surface area contributed by atoms with Crippen LogP contribution in [0.2, 0.25) is 0 Å².